The van der Waals surface area contributed by atoms with Crippen molar-refractivity contribution in [3.8, 4) is 5.82 Å². The van der Waals surface area contributed by atoms with Crippen LogP contribution in [0, 0.1) is 13.8 Å². The molecule has 140 valence electrons. The number of nitrogens with zero attached hydrogens (tertiary/aromatic N) is 3. The van der Waals surface area contributed by atoms with Crippen molar-refractivity contribution in [2.24, 2.45) is 0 Å². The number of pyridine rings is 1. The monoisotopic (exact) mass is 366 g/mol. The van der Waals surface area contributed by atoms with Crippen molar-refractivity contribution in [3.05, 3.63) is 47.4 Å². The summed E-state index contributed by atoms with van der Waals surface area (Å²) < 4.78 is 1.90. The number of rotatable bonds is 4. The van der Waals surface area contributed by atoms with Crippen LogP contribution in [0.3, 0.4) is 0 Å². The zero-order valence-electron chi connectivity index (χ0n) is 15.5. The minimum atomic E-state index is -0.789. The van der Waals surface area contributed by atoms with Gasteiger partial charge in [-0.15, -0.1) is 0 Å². The van der Waals surface area contributed by atoms with Crippen LogP contribution in [0.1, 0.15) is 47.4 Å². The Balaban J connectivity index is 1.59. The van der Waals surface area contributed by atoms with Gasteiger partial charge in [0, 0.05) is 23.1 Å². The summed E-state index contributed by atoms with van der Waals surface area (Å²) in [4.78, 5) is 43.4. The number of carbonyl (C=O) groups excluding carboxylic acids is 3. The van der Waals surface area contributed by atoms with Crippen molar-refractivity contribution in [2.75, 3.05) is 6.54 Å². The number of Topliss-reactive ketones (excluding diaryl/α,β-unsaturated/α-hetero) is 1. The van der Waals surface area contributed by atoms with Gasteiger partial charge < -0.3 is 9.88 Å². The quantitative estimate of drug-likeness (QED) is 0.666. The maximum absolute atomic E-state index is 12.9. The third kappa shape index (κ3) is 2.74. The molecule has 1 N–H and O–H groups in total. The highest BCUT2D eigenvalue weighted by Crippen LogP contribution is 2.35. The smallest absolute Gasteiger partial charge is 0.323 e. The molecule has 7 heteroatoms. The maximum atomic E-state index is 12.9. The van der Waals surface area contributed by atoms with Gasteiger partial charge in [-0.05, 0) is 44.9 Å². The normalized spacial score (nSPS) is 18.4. The molecule has 3 heterocycles. The summed E-state index contributed by atoms with van der Waals surface area (Å²) in [5.74, 6) is 0.215. The van der Waals surface area contributed by atoms with Gasteiger partial charge >= 0.3 is 6.03 Å². The van der Waals surface area contributed by atoms with Gasteiger partial charge in [-0.1, -0.05) is 18.9 Å². The van der Waals surface area contributed by atoms with Crippen molar-refractivity contribution in [1.29, 1.82) is 0 Å². The lowest BCUT2D eigenvalue weighted by molar-refractivity contribution is -0.130. The number of carbonyl (C=O) groups is 3. The molecule has 0 aromatic carbocycles. The summed E-state index contributed by atoms with van der Waals surface area (Å²) in [6, 6.07) is 6.91. The molecule has 2 aromatic heterocycles. The third-order valence-corrected chi connectivity index (χ3v) is 5.61. The fourth-order valence-electron chi connectivity index (χ4n) is 4.25. The van der Waals surface area contributed by atoms with E-state index in [-0.39, 0.29) is 18.2 Å². The van der Waals surface area contributed by atoms with Gasteiger partial charge in [0.25, 0.3) is 5.91 Å². The number of hydrogen-bond donors (Lipinski definition) is 1. The van der Waals surface area contributed by atoms with Gasteiger partial charge in [-0.2, -0.15) is 0 Å². The van der Waals surface area contributed by atoms with E-state index in [2.05, 4.69) is 10.3 Å². The number of hydrogen-bond acceptors (Lipinski definition) is 4. The molecular formula is C20H22N4O3. The molecule has 0 bridgehead atoms. The number of imide groups is 1. The molecule has 27 heavy (non-hydrogen) atoms. The highest BCUT2D eigenvalue weighted by atomic mass is 16.2. The zero-order chi connectivity index (χ0) is 19.2. The number of nitrogens with one attached hydrogen (secondary N) is 1. The number of ketones is 1. The number of amides is 3. The van der Waals surface area contributed by atoms with Gasteiger partial charge in [0.05, 0.1) is 6.54 Å². The molecule has 3 amide bonds. The molecule has 1 aliphatic carbocycles. The number of aryl methyl sites for hydroxylation is 1. The molecule has 2 fully saturated rings. The SMILES string of the molecule is Cc1cc(C(=O)CN2C(=O)NC3(CCCC3)C2=O)c(C)n1-c1ccccn1. The van der Waals surface area contributed by atoms with Crippen molar-refractivity contribution in [1.82, 2.24) is 19.8 Å². The average Bonchev–Trinajstić information content (AvgIpc) is 3.30. The largest absolute Gasteiger partial charge is 0.325 e. The summed E-state index contributed by atoms with van der Waals surface area (Å²) in [5, 5.41) is 2.81. The van der Waals surface area contributed by atoms with Crippen molar-refractivity contribution >= 4 is 17.7 Å². The van der Waals surface area contributed by atoms with E-state index in [0.717, 1.165) is 34.9 Å². The Kier molecular flexibility index (Phi) is 4.09. The number of urea groups is 1. The molecule has 1 spiro atoms. The predicted octanol–water partition coefficient (Wildman–Crippen LogP) is 2.54. The maximum Gasteiger partial charge on any atom is 0.325 e. The Hall–Kier alpha value is -2.96. The lowest BCUT2D eigenvalue weighted by Crippen LogP contribution is -2.44. The second-order valence-electron chi connectivity index (χ2n) is 7.34. The molecule has 1 aliphatic heterocycles. The van der Waals surface area contributed by atoms with Crippen molar-refractivity contribution < 1.29 is 14.4 Å². The summed E-state index contributed by atoms with van der Waals surface area (Å²) in [7, 11) is 0. The summed E-state index contributed by atoms with van der Waals surface area (Å²) >= 11 is 0. The first kappa shape index (κ1) is 17.5. The number of aromatic nitrogens is 2. The standard InChI is InChI=1S/C20H22N4O3/c1-13-11-15(14(2)24(13)17-7-3-6-10-21-17)16(25)12-23-18(26)20(22-19(23)27)8-4-5-9-20/h3,6-7,10-11H,4-5,8-9,12H2,1-2H3,(H,22,27). The molecular weight excluding hydrogens is 344 g/mol. The van der Waals surface area contributed by atoms with E-state index >= 15 is 0 Å². The molecule has 0 unspecified atom stereocenters. The highest BCUT2D eigenvalue weighted by Gasteiger charge is 2.52. The predicted molar refractivity (Wildman–Crippen MR) is 98.8 cm³/mol. The average molecular weight is 366 g/mol. The van der Waals surface area contributed by atoms with Crippen LogP contribution >= 0.6 is 0 Å². The van der Waals surface area contributed by atoms with Crippen LogP contribution in [0.2, 0.25) is 0 Å². The van der Waals surface area contributed by atoms with Crippen LogP contribution in [0.5, 0.6) is 0 Å². The van der Waals surface area contributed by atoms with Gasteiger partial charge in [-0.25, -0.2) is 9.78 Å². The van der Waals surface area contributed by atoms with Crippen LogP contribution in [0.15, 0.2) is 30.5 Å². The van der Waals surface area contributed by atoms with Crippen molar-refractivity contribution in [3.63, 3.8) is 0 Å². The highest BCUT2D eigenvalue weighted by molar-refractivity contribution is 6.11. The van der Waals surface area contributed by atoms with E-state index in [1.807, 2.05) is 36.6 Å². The van der Waals surface area contributed by atoms with E-state index in [9.17, 15) is 14.4 Å². The summed E-state index contributed by atoms with van der Waals surface area (Å²) in [6.45, 7) is 3.51. The van der Waals surface area contributed by atoms with Gasteiger partial charge in [-0.3, -0.25) is 14.5 Å². The van der Waals surface area contributed by atoms with Gasteiger partial charge in [0.15, 0.2) is 5.78 Å². The Morgan fingerprint density at radius 1 is 1.22 bits per heavy atom. The second-order valence-corrected chi connectivity index (χ2v) is 7.34. The summed E-state index contributed by atoms with van der Waals surface area (Å²) in [6.07, 6.45) is 4.83. The fraction of sp³-hybridized carbons (Fsp3) is 0.400. The van der Waals surface area contributed by atoms with Crippen LogP contribution < -0.4 is 5.32 Å². The van der Waals surface area contributed by atoms with Crippen LogP contribution in [-0.2, 0) is 4.79 Å². The molecule has 2 aromatic rings. The van der Waals surface area contributed by atoms with Gasteiger partial charge in [0.2, 0.25) is 0 Å². The lowest BCUT2D eigenvalue weighted by atomic mass is 9.98. The van der Waals surface area contributed by atoms with E-state index in [1.54, 1.807) is 12.3 Å². The Morgan fingerprint density at radius 3 is 2.63 bits per heavy atom. The van der Waals surface area contributed by atoms with Crippen molar-refractivity contribution in [2.45, 2.75) is 45.1 Å². The molecule has 0 atom stereocenters. The zero-order valence-corrected chi connectivity index (χ0v) is 15.5. The second kappa shape index (κ2) is 6.33. The van der Waals surface area contributed by atoms with Crippen LogP contribution in [0.25, 0.3) is 5.82 Å². The van der Waals surface area contributed by atoms with E-state index < -0.39 is 11.6 Å². The van der Waals surface area contributed by atoms with Crippen LogP contribution in [0.4, 0.5) is 4.79 Å². The molecule has 4 rings (SSSR count). The fourth-order valence-corrected chi connectivity index (χ4v) is 4.25. The van der Waals surface area contributed by atoms with E-state index in [0.29, 0.717) is 18.4 Å². The Bertz CT molecular complexity index is 926. The first-order chi connectivity index (χ1) is 12.9. The topological polar surface area (TPSA) is 84.3 Å². The third-order valence-electron chi connectivity index (χ3n) is 5.61. The Labute approximate surface area is 157 Å². The minimum absolute atomic E-state index is 0.237. The van der Waals surface area contributed by atoms with E-state index in [1.165, 1.54) is 0 Å². The molecule has 7 nitrogen and oxygen atoms in total. The molecule has 1 saturated carbocycles. The van der Waals surface area contributed by atoms with Gasteiger partial charge in [0.1, 0.15) is 11.4 Å². The molecule has 2 aliphatic rings. The van der Waals surface area contributed by atoms with Crippen LogP contribution in [-0.4, -0.2) is 44.3 Å². The Morgan fingerprint density at radius 2 is 1.96 bits per heavy atom. The first-order valence-corrected chi connectivity index (χ1v) is 9.21. The minimum Gasteiger partial charge on any atom is -0.323 e. The lowest BCUT2D eigenvalue weighted by Gasteiger charge is -2.19. The first-order valence-electron chi connectivity index (χ1n) is 9.21. The molecule has 1 saturated heterocycles. The molecule has 0 radical (unpaired) electrons. The summed E-state index contributed by atoms with van der Waals surface area (Å²) in [5.41, 5.74) is 1.34. The van der Waals surface area contributed by atoms with E-state index in [4.69, 9.17) is 0 Å².